The molecule has 2 aliphatic heterocycles. The van der Waals surface area contributed by atoms with Crippen molar-refractivity contribution in [1.29, 1.82) is 0 Å². The molecule has 1 N–H and O–H groups in total. The molecule has 0 bridgehead atoms. The van der Waals surface area contributed by atoms with E-state index in [1.807, 2.05) is 12.5 Å². The molecule has 0 radical (unpaired) electrons. The van der Waals surface area contributed by atoms with Crippen molar-refractivity contribution in [2.24, 2.45) is 0 Å². The van der Waals surface area contributed by atoms with Crippen LogP contribution in [0, 0.1) is 0 Å². The summed E-state index contributed by atoms with van der Waals surface area (Å²) >= 11 is 0. The van der Waals surface area contributed by atoms with Crippen LogP contribution in [0.3, 0.4) is 0 Å². The first-order valence-electron chi connectivity index (χ1n) is 6.37. The summed E-state index contributed by atoms with van der Waals surface area (Å²) in [5.74, 6) is 0. The third-order valence-corrected chi connectivity index (χ3v) is 3.48. The van der Waals surface area contributed by atoms with Gasteiger partial charge in [0.05, 0.1) is 37.5 Å². The van der Waals surface area contributed by atoms with Crippen molar-refractivity contribution in [2.75, 3.05) is 32.9 Å². The minimum atomic E-state index is 0.133. The van der Waals surface area contributed by atoms with E-state index >= 15 is 0 Å². The molecule has 1 aromatic rings. The fraction of sp³-hybridized carbons (Fsp3) is 0.750. The fourth-order valence-corrected chi connectivity index (χ4v) is 2.57. The highest BCUT2D eigenvalue weighted by molar-refractivity contribution is 5.06. The Bertz CT molecular complexity index is 322. The van der Waals surface area contributed by atoms with E-state index in [2.05, 4.69) is 14.9 Å². The molecule has 94 valence electrons. The van der Waals surface area contributed by atoms with Gasteiger partial charge in [-0.3, -0.25) is 0 Å². The second-order valence-electron chi connectivity index (χ2n) is 4.66. The van der Waals surface area contributed by atoms with Gasteiger partial charge in [-0.15, -0.1) is 0 Å². The summed E-state index contributed by atoms with van der Waals surface area (Å²) in [6, 6.07) is 0.423. The van der Waals surface area contributed by atoms with Crippen molar-refractivity contribution >= 4 is 0 Å². The number of imidazole rings is 1. The Kier molecular flexibility index (Phi) is 3.40. The molecule has 5 nitrogen and oxygen atoms in total. The van der Waals surface area contributed by atoms with E-state index in [1.165, 1.54) is 12.1 Å². The van der Waals surface area contributed by atoms with Crippen LogP contribution in [0.15, 0.2) is 12.5 Å². The van der Waals surface area contributed by atoms with E-state index < -0.39 is 0 Å². The number of hydrogen-bond donors (Lipinski definition) is 1. The van der Waals surface area contributed by atoms with Crippen LogP contribution >= 0.6 is 0 Å². The molecule has 17 heavy (non-hydrogen) atoms. The lowest BCUT2D eigenvalue weighted by Gasteiger charge is -2.29. The lowest BCUT2D eigenvalue weighted by atomic mass is 10.1. The smallest absolute Gasteiger partial charge is 0.111 e. The highest BCUT2D eigenvalue weighted by Crippen LogP contribution is 2.26. The average Bonchev–Trinajstić information content (AvgIpc) is 2.90. The third kappa shape index (κ3) is 2.36. The van der Waals surface area contributed by atoms with Crippen LogP contribution in [0.5, 0.6) is 0 Å². The Morgan fingerprint density at radius 3 is 3.18 bits per heavy atom. The first-order valence-corrected chi connectivity index (χ1v) is 6.37. The first kappa shape index (κ1) is 11.2. The number of morpholine rings is 1. The molecule has 2 saturated heterocycles. The molecule has 3 rings (SSSR count). The van der Waals surface area contributed by atoms with Crippen LogP contribution < -0.4 is 5.32 Å². The monoisotopic (exact) mass is 237 g/mol. The van der Waals surface area contributed by atoms with Crippen LogP contribution in [0.1, 0.15) is 30.7 Å². The lowest BCUT2D eigenvalue weighted by molar-refractivity contribution is 0.0156. The van der Waals surface area contributed by atoms with Gasteiger partial charge < -0.3 is 19.4 Å². The van der Waals surface area contributed by atoms with Crippen molar-refractivity contribution in [2.45, 2.75) is 25.0 Å². The summed E-state index contributed by atoms with van der Waals surface area (Å²) in [5.41, 5.74) is 1.17. The Morgan fingerprint density at radius 2 is 2.41 bits per heavy atom. The van der Waals surface area contributed by atoms with Gasteiger partial charge in [0.15, 0.2) is 0 Å². The molecule has 0 aliphatic carbocycles. The number of rotatable bonds is 2. The Hall–Kier alpha value is -0.910. The van der Waals surface area contributed by atoms with Crippen molar-refractivity contribution in [3.8, 4) is 0 Å². The van der Waals surface area contributed by atoms with E-state index in [0.29, 0.717) is 6.04 Å². The van der Waals surface area contributed by atoms with E-state index in [9.17, 15) is 0 Å². The predicted molar refractivity (Wildman–Crippen MR) is 62.9 cm³/mol. The zero-order chi connectivity index (χ0) is 11.5. The highest BCUT2D eigenvalue weighted by Gasteiger charge is 2.24. The highest BCUT2D eigenvalue weighted by atomic mass is 16.5. The van der Waals surface area contributed by atoms with Crippen LogP contribution in [-0.2, 0) is 9.47 Å². The summed E-state index contributed by atoms with van der Waals surface area (Å²) in [5, 5.41) is 3.36. The second kappa shape index (κ2) is 5.16. The van der Waals surface area contributed by atoms with Gasteiger partial charge in [-0.25, -0.2) is 4.98 Å². The third-order valence-electron chi connectivity index (χ3n) is 3.48. The number of nitrogens with zero attached hydrogens (tertiary/aromatic N) is 2. The second-order valence-corrected chi connectivity index (χ2v) is 4.66. The van der Waals surface area contributed by atoms with Gasteiger partial charge in [0.2, 0.25) is 0 Å². The number of ether oxygens (including phenoxy) is 2. The van der Waals surface area contributed by atoms with Crippen molar-refractivity contribution in [3.63, 3.8) is 0 Å². The molecular weight excluding hydrogens is 218 g/mol. The SMILES string of the molecule is c1ncn(C2CCCOC2)c1C1CNCCO1. The van der Waals surface area contributed by atoms with Gasteiger partial charge >= 0.3 is 0 Å². The summed E-state index contributed by atoms with van der Waals surface area (Å²) in [6.07, 6.45) is 6.27. The molecule has 0 aromatic carbocycles. The molecule has 1 aromatic heterocycles. The van der Waals surface area contributed by atoms with Gasteiger partial charge in [-0.2, -0.15) is 0 Å². The average molecular weight is 237 g/mol. The minimum Gasteiger partial charge on any atom is -0.379 e. The van der Waals surface area contributed by atoms with Crippen LogP contribution in [0.2, 0.25) is 0 Å². The topological polar surface area (TPSA) is 48.3 Å². The van der Waals surface area contributed by atoms with E-state index in [1.54, 1.807) is 0 Å². The maximum Gasteiger partial charge on any atom is 0.111 e. The molecule has 2 atom stereocenters. The summed E-state index contributed by atoms with van der Waals surface area (Å²) in [4.78, 5) is 4.27. The Balaban J connectivity index is 1.77. The molecule has 0 spiro atoms. The summed E-state index contributed by atoms with van der Waals surface area (Å²) < 4.78 is 13.6. The van der Waals surface area contributed by atoms with Crippen molar-refractivity contribution in [3.05, 3.63) is 18.2 Å². The normalized spacial score (nSPS) is 30.4. The fourth-order valence-electron chi connectivity index (χ4n) is 2.57. The van der Waals surface area contributed by atoms with Crippen LogP contribution in [-0.4, -0.2) is 42.5 Å². The first-order chi connectivity index (χ1) is 8.45. The van der Waals surface area contributed by atoms with Gasteiger partial charge in [0.25, 0.3) is 0 Å². The molecule has 0 saturated carbocycles. The zero-order valence-corrected chi connectivity index (χ0v) is 9.97. The summed E-state index contributed by atoms with van der Waals surface area (Å²) in [6.45, 7) is 4.28. The molecule has 2 unspecified atom stereocenters. The lowest BCUT2D eigenvalue weighted by Crippen LogP contribution is -2.35. The Labute approximate surface area is 101 Å². The van der Waals surface area contributed by atoms with Crippen molar-refractivity contribution in [1.82, 2.24) is 14.9 Å². The standard InChI is InChI=1S/C12H19N3O2/c1-2-10(8-16-4-1)15-9-14-6-11(15)12-7-13-3-5-17-12/h6,9-10,12-13H,1-5,7-8H2. The van der Waals surface area contributed by atoms with Crippen molar-refractivity contribution < 1.29 is 9.47 Å². The minimum absolute atomic E-state index is 0.133. The number of hydrogen-bond acceptors (Lipinski definition) is 4. The van der Waals surface area contributed by atoms with Gasteiger partial charge in [-0.05, 0) is 12.8 Å². The zero-order valence-electron chi connectivity index (χ0n) is 9.97. The van der Waals surface area contributed by atoms with E-state index in [-0.39, 0.29) is 6.10 Å². The quantitative estimate of drug-likeness (QED) is 0.830. The number of aromatic nitrogens is 2. The molecule has 2 aliphatic rings. The Morgan fingerprint density at radius 1 is 1.41 bits per heavy atom. The maximum atomic E-state index is 5.79. The predicted octanol–water partition coefficient (Wildman–Crippen LogP) is 0.895. The molecular formula is C12H19N3O2. The molecule has 5 heteroatoms. The maximum absolute atomic E-state index is 5.79. The van der Waals surface area contributed by atoms with Crippen LogP contribution in [0.4, 0.5) is 0 Å². The van der Waals surface area contributed by atoms with Gasteiger partial charge in [-0.1, -0.05) is 0 Å². The van der Waals surface area contributed by atoms with Gasteiger partial charge in [0.1, 0.15) is 6.10 Å². The molecule has 2 fully saturated rings. The van der Waals surface area contributed by atoms with Crippen LogP contribution in [0.25, 0.3) is 0 Å². The summed E-state index contributed by atoms with van der Waals surface area (Å²) in [7, 11) is 0. The van der Waals surface area contributed by atoms with Gasteiger partial charge in [0, 0.05) is 19.7 Å². The molecule has 3 heterocycles. The van der Waals surface area contributed by atoms with E-state index in [0.717, 1.165) is 39.3 Å². The largest absolute Gasteiger partial charge is 0.379 e. The molecule has 0 amide bonds. The number of nitrogens with one attached hydrogen (secondary N) is 1. The van der Waals surface area contributed by atoms with E-state index in [4.69, 9.17) is 9.47 Å².